The second-order valence-corrected chi connectivity index (χ2v) is 5.40. The van der Waals surface area contributed by atoms with Crippen LogP contribution in [0.3, 0.4) is 0 Å². The summed E-state index contributed by atoms with van der Waals surface area (Å²) in [6.07, 6.45) is 6.92. The standard InChI is InChI=1S/C15H19O4P/c1-4-7-12-10-11-15(19-20(16,17)18)14(9-6-3)13(12)8-5-2/h4-6,10-11H,1-3,7-9H2,(H2,16,17,18). The zero-order valence-electron chi connectivity index (χ0n) is 11.3. The third-order valence-electron chi connectivity index (χ3n) is 2.76. The number of phosphoric acid groups is 1. The third-order valence-corrected chi connectivity index (χ3v) is 3.20. The number of phosphoric ester groups is 1. The van der Waals surface area contributed by atoms with Gasteiger partial charge in [0.2, 0.25) is 0 Å². The fourth-order valence-corrected chi connectivity index (χ4v) is 2.47. The van der Waals surface area contributed by atoms with E-state index < -0.39 is 7.82 Å². The predicted molar refractivity (Wildman–Crippen MR) is 80.8 cm³/mol. The average Bonchev–Trinajstić information content (AvgIpc) is 2.35. The molecule has 0 spiro atoms. The maximum Gasteiger partial charge on any atom is 0.524 e. The van der Waals surface area contributed by atoms with Crippen LogP contribution in [0.4, 0.5) is 0 Å². The molecule has 1 aromatic rings. The van der Waals surface area contributed by atoms with Crippen LogP contribution >= 0.6 is 7.82 Å². The predicted octanol–water partition coefficient (Wildman–Crippen LogP) is 3.34. The van der Waals surface area contributed by atoms with E-state index in [2.05, 4.69) is 19.7 Å². The third kappa shape index (κ3) is 4.49. The Hall–Kier alpha value is -1.61. The van der Waals surface area contributed by atoms with E-state index in [1.54, 1.807) is 30.4 Å². The van der Waals surface area contributed by atoms with Crippen molar-refractivity contribution < 1.29 is 18.9 Å². The van der Waals surface area contributed by atoms with E-state index in [9.17, 15) is 4.57 Å². The maximum absolute atomic E-state index is 11.0. The molecule has 0 saturated carbocycles. The molecule has 4 nitrogen and oxygen atoms in total. The molecular weight excluding hydrogens is 275 g/mol. The molecule has 108 valence electrons. The van der Waals surface area contributed by atoms with Gasteiger partial charge in [-0.2, -0.15) is 0 Å². The monoisotopic (exact) mass is 294 g/mol. The summed E-state index contributed by atoms with van der Waals surface area (Å²) in [7, 11) is -4.59. The molecule has 0 aliphatic carbocycles. The first-order valence-corrected chi connectivity index (χ1v) is 7.67. The molecular formula is C15H19O4P. The summed E-state index contributed by atoms with van der Waals surface area (Å²) in [5.41, 5.74) is 2.71. The second kappa shape index (κ2) is 7.25. The molecule has 1 aromatic carbocycles. The molecule has 0 unspecified atom stereocenters. The van der Waals surface area contributed by atoms with Gasteiger partial charge in [-0.25, -0.2) is 4.57 Å². The normalized spacial score (nSPS) is 10.9. The molecule has 1 rings (SSSR count). The Morgan fingerprint density at radius 3 is 2.05 bits per heavy atom. The summed E-state index contributed by atoms with van der Waals surface area (Å²) >= 11 is 0. The Bertz CT molecular complexity index is 557. The van der Waals surface area contributed by atoms with Crippen molar-refractivity contribution in [3.8, 4) is 5.75 Å². The first-order chi connectivity index (χ1) is 9.42. The molecule has 2 N–H and O–H groups in total. The van der Waals surface area contributed by atoms with Gasteiger partial charge in [-0.15, -0.1) is 19.7 Å². The van der Waals surface area contributed by atoms with Crippen LogP contribution in [0.5, 0.6) is 5.75 Å². The minimum atomic E-state index is -4.59. The second-order valence-electron chi connectivity index (χ2n) is 4.24. The van der Waals surface area contributed by atoms with E-state index in [0.717, 1.165) is 16.7 Å². The lowest BCUT2D eigenvalue weighted by Crippen LogP contribution is -2.03. The number of hydrogen-bond acceptors (Lipinski definition) is 2. The summed E-state index contributed by atoms with van der Waals surface area (Å²) in [5.74, 6) is 0.183. The van der Waals surface area contributed by atoms with Gasteiger partial charge in [0.1, 0.15) is 5.75 Å². The van der Waals surface area contributed by atoms with Gasteiger partial charge in [0.25, 0.3) is 0 Å². The number of allylic oxidation sites excluding steroid dienone is 3. The Morgan fingerprint density at radius 1 is 1.00 bits per heavy atom. The molecule has 0 aromatic heterocycles. The average molecular weight is 294 g/mol. The Balaban J connectivity index is 3.41. The van der Waals surface area contributed by atoms with Crippen LogP contribution in [-0.4, -0.2) is 9.79 Å². The quantitative estimate of drug-likeness (QED) is 0.570. The molecule has 20 heavy (non-hydrogen) atoms. The lowest BCUT2D eigenvalue weighted by molar-refractivity contribution is 0.282. The Labute approximate surface area is 119 Å². The van der Waals surface area contributed by atoms with Crippen molar-refractivity contribution in [2.75, 3.05) is 0 Å². The minimum absolute atomic E-state index is 0.183. The van der Waals surface area contributed by atoms with Crippen LogP contribution in [0.1, 0.15) is 16.7 Å². The van der Waals surface area contributed by atoms with Crippen LogP contribution in [0, 0.1) is 0 Å². The molecule has 0 radical (unpaired) electrons. The van der Waals surface area contributed by atoms with Gasteiger partial charge in [-0.05, 0) is 36.5 Å². The van der Waals surface area contributed by atoms with Crippen molar-refractivity contribution in [2.45, 2.75) is 19.3 Å². The first kappa shape index (κ1) is 16.4. The SMILES string of the molecule is C=CCc1ccc(OP(=O)(O)O)c(CC=C)c1CC=C. The highest BCUT2D eigenvalue weighted by Crippen LogP contribution is 2.41. The molecule has 0 heterocycles. The van der Waals surface area contributed by atoms with Crippen molar-refractivity contribution in [3.05, 3.63) is 66.8 Å². The van der Waals surface area contributed by atoms with E-state index >= 15 is 0 Å². The highest BCUT2D eigenvalue weighted by Gasteiger charge is 2.20. The van der Waals surface area contributed by atoms with Gasteiger partial charge >= 0.3 is 7.82 Å². The highest BCUT2D eigenvalue weighted by atomic mass is 31.2. The molecule has 0 fully saturated rings. The van der Waals surface area contributed by atoms with Gasteiger partial charge in [0, 0.05) is 5.56 Å². The molecule has 0 atom stereocenters. The van der Waals surface area contributed by atoms with Crippen molar-refractivity contribution in [2.24, 2.45) is 0 Å². The fraction of sp³-hybridized carbons (Fsp3) is 0.200. The molecule has 0 aliphatic heterocycles. The van der Waals surface area contributed by atoms with Crippen LogP contribution in [0.15, 0.2) is 50.1 Å². The lowest BCUT2D eigenvalue weighted by atomic mass is 9.93. The molecule has 0 amide bonds. The minimum Gasteiger partial charge on any atom is -0.404 e. The zero-order valence-corrected chi connectivity index (χ0v) is 12.2. The molecule has 0 aliphatic rings. The van der Waals surface area contributed by atoms with Crippen LogP contribution < -0.4 is 4.52 Å². The fourth-order valence-electron chi connectivity index (χ4n) is 2.05. The summed E-state index contributed by atoms with van der Waals surface area (Å²) in [5, 5.41) is 0. The van der Waals surface area contributed by atoms with Gasteiger partial charge < -0.3 is 4.52 Å². The zero-order chi connectivity index (χ0) is 15.2. The van der Waals surface area contributed by atoms with Gasteiger partial charge in [-0.1, -0.05) is 24.3 Å². The van der Waals surface area contributed by atoms with Gasteiger partial charge in [0.15, 0.2) is 0 Å². The Kier molecular flexibility index (Phi) is 5.96. The largest absolute Gasteiger partial charge is 0.524 e. The molecule has 0 saturated heterocycles. The van der Waals surface area contributed by atoms with Crippen LogP contribution in [-0.2, 0) is 23.8 Å². The number of benzene rings is 1. The van der Waals surface area contributed by atoms with E-state index in [1.165, 1.54) is 0 Å². The van der Waals surface area contributed by atoms with Crippen LogP contribution in [0.25, 0.3) is 0 Å². The smallest absolute Gasteiger partial charge is 0.404 e. The van der Waals surface area contributed by atoms with E-state index in [1.807, 2.05) is 0 Å². The van der Waals surface area contributed by atoms with Crippen molar-refractivity contribution in [1.29, 1.82) is 0 Å². The highest BCUT2D eigenvalue weighted by molar-refractivity contribution is 7.46. The van der Waals surface area contributed by atoms with Gasteiger partial charge in [-0.3, -0.25) is 9.79 Å². The number of rotatable bonds is 8. The lowest BCUT2D eigenvalue weighted by Gasteiger charge is -2.17. The van der Waals surface area contributed by atoms with Gasteiger partial charge in [0.05, 0.1) is 0 Å². The van der Waals surface area contributed by atoms with E-state index in [0.29, 0.717) is 19.3 Å². The Morgan fingerprint density at radius 2 is 1.55 bits per heavy atom. The van der Waals surface area contributed by atoms with E-state index in [4.69, 9.17) is 14.3 Å². The summed E-state index contributed by atoms with van der Waals surface area (Å²) in [6, 6.07) is 3.36. The van der Waals surface area contributed by atoms with Crippen molar-refractivity contribution in [1.82, 2.24) is 0 Å². The topological polar surface area (TPSA) is 66.8 Å². The van der Waals surface area contributed by atoms with E-state index in [-0.39, 0.29) is 5.75 Å². The summed E-state index contributed by atoms with van der Waals surface area (Å²) < 4.78 is 15.8. The summed E-state index contributed by atoms with van der Waals surface area (Å²) in [6.45, 7) is 11.1. The van der Waals surface area contributed by atoms with Crippen molar-refractivity contribution in [3.63, 3.8) is 0 Å². The maximum atomic E-state index is 11.0. The first-order valence-electron chi connectivity index (χ1n) is 6.14. The van der Waals surface area contributed by atoms with Crippen LogP contribution in [0.2, 0.25) is 0 Å². The number of hydrogen-bond donors (Lipinski definition) is 2. The van der Waals surface area contributed by atoms with Crippen molar-refractivity contribution >= 4 is 7.82 Å². The molecule has 5 heteroatoms. The molecule has 0 bridgehead atoms. The summed E-state index contributed by atoms with van der Waals surface area (Å²) in [4.78, 5) is 18.0.